The van der Waals surface area contributed by atoms with Crippen molar-refractivity contribution in [3.05, 3.63) is 11.0 Å². The van der Waals surface area contributed by atoms with Crippen molar-refractivity contribution in [2.24, 2.45) is 4.99 Å². The fraction of sp³-hybridized carbons (Fsp3) is 0.571. The van der Waals surface area contributed by atoms with Gasteiger partial charge in [0.15, 0.2) is 0 Å². The van der Waals surface area contributed by atoms with Gasteiger partial charge in [0.1, 0.15) is 0 Å². The zero-order chi connectivity index (χ0) is 6.69. The molecule has 0 N–H and O–H groups in total. The lowest BCUT2D eigenvalue weighted by Gasteiger charge is -2.00. The van der Waals surface area contributed by atoms with Crippen molar-refractivity contribution in [2.45, 2.75) is 19.9 Å². The fourth-order valence-electron chi connectivity index (χ4n) is 0.638. The quantitative estimate of drug-likeness (QED) is 0.503. The molecule has 0 saturated heterocycles. The highest BCUT2D eigenvalue weighted by Crippen LogP contribution is 2.17. The monoisotopic (exact) mass is 141 g/mol. The van der Waals surface area contributed by atoms with Crippen molar-refractivity contribution in [3.8, 4) is 0 Å². The van der Waals surface area contributed by atoms with Gasteiger partial charge in [-0.2, -0.15) is 0 Å². The lowest BCUT2D eigenvalue weighted by molar-refractivity contribution is 0.857. The van der Waals surface area contributed by atoms with Crippen LogP contribution in [0.3, 0.4) is 0 Å². The number of aliphatic imine (C=N–C) groups is 1. The van der Waals surface area contributed by atoms with E-state index in [0.717, 1.165) is 5.75 Å². The summed E-state index contributed by atoms with van der Waals surface area (Å²) in [5.74, 6) is 1.12. The molecule has 1 aliphatic rings. The first kappa shape index (κ1) is 6.87. The van der Waals surface area contributed by atoms with E-state index in [0.29, 0.717) is 6.04 Å². The molecule has 1 rings (SSSR count). The molecule has 0 saturated carbocycles. The van der Waals surface area contributed by atoms with Crippen LogP contribution in [0.1, 0.15) is 13.8 Å². The van der Waals surface area contributed by atoms with Crippen molar-refractivity contribution >= 4 is 18.0 Å². The van der Waals surface area contributed by atoms with Crippen LogP contribution in [0.4, 0.5) is 0 Å². The SMILES string of the molecule is CC1=CC=NC(C)CS1. The average Bonchev–Trinajstić information content (AvgIpc) is 1.97. The minimum absolute atomic E-state index is 0.490. The summed E-state index contributed by atoms with van der Waals surface area (Å²) in [4.78, 5) is 5.62. The highest BCUT2D eigenvalue weighted by Gasteiger charge is 2.00. The standard InChI is InChI=1S/C7H11NS/c1-6-5-9-7(2)3-4-8-6/h3-4,6H,5H2,1-2H3. The first-order valence-corrected chi connectivity index (χ1v) is 4.10. The summed E-state index contributed by atoms with van der Waals surface area (Å²) in [5, 5.41) is 0. The average molecular weight is 141 g/mol. The Bertz CT molecular complexity index is 149. The zero-order valence-corrected chi connectivity index (χ0v) is 6.61. The normalized spacial score (nSPS) is 27.3. The van der Waals surface area contributed by atoms with E-state index >= 15 is 0 Å². The van der Waals surface area contributed by atoms with E-state index in [1.54, 1.807) is 0 Å². The van der Waals surface area contributed by atoms with Gasteiger partial charge >= 0.3 is 0 Å². The minimum Gasteiger partial charge on any atom is -0.289 e. The predicted molar refractivity (Wildman–Crippen MR) is 44.2 cm³/mol. The third-order valence-electron chi connectivity index (χ3n) is 1.20. The van der Waals surface area contributed by atoms with Gasteiger partial charge in [-0.25, -0.2) is 0 Å². The molecule has 0 radical (unpaired) electrons. The van der Waals surface area contributed by atoms with Gasteiger partial charge in [-0.05, 0) is 24.8 Å². The fourth-order valence-corrected chi connectivity index (χ4v) is 1.39. The molecule has 0 spiro atoms. The van der Waals surface area contributed by atoms with Gasteiger partial charge in [0, 0.05) is 12.0 Å². The largest absolute Gasteiger partial charge is 0.289 e. The molecule has 1 heterocycles. The highest BCUT2D eigenvalue weighted by atomic mass is 32.2. The molecule has 1 unspecified atom stereocenters. The van der Waals surface area contributed by atoms with Crippen molar-refractivity contribution in [1.82, 2.24) is 0 Å². The van der Waals surface area contributed by atoms with Crippen LogP contribution in [0.15, 0.2) is 16.0 Å². The molecule has 1 nitrogen and oxygen atoms in total. The molecular weight excluding hydrogens is 130 g/mol. The Balaban J connectivity index is 2.55. The molecule has 0 aromatic carbocycles. The second-order valence-corrected chi connectivity index (χ2v) is 3.50. The summed E-state index contributed by atoms with van der Waals surface area (Å²) in [5.41, 5.74) is 0. The summed E-state index contributed by atoms with van der Waals surface area (Å²) in [6.07, 6.45) is 3.97. The number of rotatable bonds is 0. The molecular formula is C7H11NS. The Morgan fingerprint density at radius 3 is 3.33 bits per heavy atom. The van der Waals surface area contributed by atoms with Gasteiger partial charge in [-0.1, -0.05) is 0 Å². The van der Waals surface area contributed by atoms with Gasteiger partial charge in [0.2, 0.25) is 0 Å². The summed E-state index contributed by atoms with van der Waals surface area (Å²) >= 11 is 1.88. The molecule has 1 aliphatic heterocycles. The molecule has 0 amide bonds. The molecule has 0 aliphatic carbocycles. The summed E-state index contributed by atoms with van der Waals surface area (Å²) < 4.78 is 0. The molecule has 50 valence electrons. The zero-order valence-electron chi connectivity index (χ0n) is 5.79. The minimum atomic E-state index is 0.490. The van der Waals surface area contributed by atoms with E-state index in [-0.39, 0.29) is 0 Å². The highest BCUT2D eigenvalue weighted by molar-refractivity contribution is 8.03. The maximum absolute atomic E-state index is 4.25. The van der Waals surface area contributed by atoms with Crippen LogP contribution >= 0.6 is 11.8 Å². The smallest absolute Gasteiger partial charge is 0.0565 e. The van der Waals surface area contributed by atoms with Gasteiger partial charge < -0.3 is 0 Å². The van der Waals surface area contributed by atoms with Crippen LogP contribution < -0.4 is 0 Å². The lowest BCUT2D eigenvalue weighted by atomic mass is 10.4. The number of allylic oxidation sites excluding steroid dienone is 2. The van der Waals surface area contributed by atoms with Gasteiger partial charge in [-0.3, -0.25) is 4.99 Å². The summed E-state index contributed by atoms with van der Waals surface area (Å²) in [6, 6.07) is 0.490. The van der Waals surface area contributed by atoms with E-state index in [2.05, 4.69) is 24.9 Å². The molecule has 2 heteroatoms. The predicted octanol–water partition coefficient (Wildman–Crippen LogP) is 2.10. The molecule has 1 atom stereocenters. The molecule has 0 aromatic heterocycles. The number of hydrogen-bond acceptors (Lipinski definition) is 2. The second-order valence-electron chi connectivity index (χ2n) is 2.24. The summed E-state index contributed by atoms with van der Waals surface area (Å²) in [7, 11) is 0. The van der Waals surface area contributed by atoms with Crippen LogP contribution in [0.25, 0.3) is 0 Å². The first-order valence-electron chi connectivity index (χ1n) is 3.12. The van der Waals surface area contributed by atoms with Crippen molar-refractivity contribution in [2.75, 3.05) is 5.75 Å². The Labute approximate surface area is 60.3 Å². The second kappa shape index (κ2) is 3.06. The molecule has 0 fully saturated rings. The number of thioether (sulfide) groups is 1. The molecule has 9 heavy (non-hydrogen) atoms. The van der Waals surface area contributed by atoms with Crippen molar-refractivity contribution in [3.63, 3.8) is 0 Å². The van der Waals surface area contributed by atoms with E-state index in [4.69, 9.17) is 0 Å². The maximum Gasteiger partial charge on any atom is 0.0565 e. The Hall–Kier alpha value is -0.240. The number of hydrogen-bond donors (Lipinski definition) is 0. The first-order chi connectivity index (χ1) is 4.29. The lowest BCUT2D eigenvalue weighted by Crippen LogP contribution is -1.98. The third-order valence-corrected chi connectivity index (χ3v) is 2.44. The number of nitrogens with zero attached hydrogens (tertiary/aromatic N) is 1. The molecule has 0 bridgehead atoms. The van der Waals surface area contributed by atoms with Crippen LogP contribution in [0, 0.1) is 0 Å². The van der Waals surface area contributed by atoms with Gasteiger partial charge in [-0.15, -0.1) is 11.8 Å². The van der Waals surface area contributed by atoms with Crippen molar-refractivity contribution < 1.29 is 0 Å². The van der Waals surface area contributed by atoms with E-state index in [1.165, 1.54) is 4.91 Å². The molecule has 0 aromatic rings. The Kier molecular flexibility index (Phi) is 2.34. The van der Waals surface area contributed by atoms with Gasteiger partial charge in [0.25, 0.3) is 0 Å². The van der Waals surface area contributed by atoms with Crippen LogP contribution in [-0.4, -0.2) is 18.0 Å². The van der Waals surface area contributed by atoms with Crippen molar-refractivity contribution in [1.29, 1.82) is 0 Å². The topological polar surface area (TPSA) is 12.4 Å². The summed E-state index contributed by atoms with van der Waals surface area (Å²) in [6.45, 7) is 4.25. The van der Waals surface area contributed by atoms with E-state index in [9.17, 15) is 0 Å². The van der Waals surface area contributed by atoms with Crippen LogP contribution in [0.2, 0.25) is 0 Å². The third kappa shape index (κ3) is 2.22. The Morgan fingerprint density at radius 2 is 2.56 bits per heavy atom. The van der Waals surface area contributed by atoms with Gasteiger partial charge in [0.05, 0.1) is 6.04 Å². The van der Waals surface area contributed by atoms with E-state index < -0.39 is 0 Å². The maximum atomic E-state index is 4.25. The van der Waals surface area contributed by atoms with Crippen LogP contribution in [-0.2, 0) is 0 Å². The Morgan fingerprint density at radius 1 is 1.78 bits per heavy atom. The van der Waals surface area contributed by atoms with Crippen LogP contribution in [0.5, 0.6) is 0 Å². The van der Waals surface area contributed by atoms with E-state index in [1.807, 2.05) is 18.0 Å².